The molecule has 144 valence electrons. The SMILES string of the molecule is O=C(NCc1ccccc1F)c1ccc(NS(=O)(=O)c2ccc(Cl)cc2)cc1. The van der Waals surface area contributed by atoms with Crippen molar-refractivity contribution in [1.82, 2.24) is 5.32 Å². The lowest BCUT2D eigenvalue weighted by Gasteiger charge is -2.10. The fraction of sp³-hybridized carbons (Fsp3) is 0.0500. The average molecular weight is 419 g/mol. The summed E-state index contributed by atoms with van der Waals surface area (Å²) in [5.41, 5.74) is 1.01. The van der Waals surface area contributed by atoms with Crippen LogP contribution in [0.15, 0.2) is 77.7 Å². The number of hydrogen-bond acceptors (Lipinski definition) is 3. The Kier molecular flexibility index (Phi) is 5.96. The van der Waals surface area contributed by atoms with E-state index in [0.29, 0.717) is 21.8 Å². The number of halogens is 2. The third-order valence-electron chi connectivity index (χ3n) is 3.92. The van der Waals surface area contributed by atoms with Gasteiger partial charge in [-0.3, -0.25) is 9.52 Å². The van der Waals surface area contributed by atoms with Crippen LogP contribution in [0.1, 0.15) is 15.9 Å². The first kappa shape index (κ1) is 19.9. The smallest absolute Gasteiger partial charge is 0.261 e. The summed E-state index contributed by atoms with van der Waals surface area (Å²) >= 11 is 5.77. The number of rotatable bonds is 6. The average Bonchev–Trinajstić information content (AvgIpc) is 2.68. The largest absolute Gasteiger partial charge is 0.348 e. The zero-order chi connectivity index (χ0) is 20.1. The highest BCUT2D eigenvalue weighted by Crippen LogP contribution is 2.19. The summed E-state index contributed by atoms with van der Waals surface area (Å²) in [5.74, 6) is -0.787. The van der Waals surface area contributed by atoms with E-state index in [-0.39, 0.29) is 11.4 Å². The maximum Gasteiger partial charge on any atom is 0.261 e. The zero-order valence-corrected chi connectivity index (χ0v) is 16.1. The normalized spacial score (nSPS) is 11.1. The Hall–Kier alpha value is -2.90. The van der Waals surface area contributed by atoms with Crippen molar-refractivity contribution >= 4 is 33.2 Å². The number of nitrogens with one attached hydrogen (secondary N) is 2. The van der Waals surface area contributed by atoms with Crippen LogP contribution in [0.2, 0.25) is 5.02 Å². The van der Waals surface area contributed by atoms with Crippen molar-refractivity contribution < 1.29 is 17.6 Å². The Morgan fingerprint density at radius 1 is 0.929 bits per heavy atom. The minimum Gasteiger partial charge on any atom is -0.348 e. The highest BCUT2D eigenvalue weighted by molar-refractivity contribution is 7.92. The van der Waals surface area contributed by atoms with Crippen LogP contribution in [0, 0.1) is 5.82 Å². The molecule has 0 heterocycles. The van der Waals surface area contributed by atoms with E-state index in [1.54, 1.807) is 18.2 Å². The zero-order valence-electron chi connectivity index (χ0n) is 14.5. The summed E-state index contributed by atoms with van der Waals surface area (Å²) in [6.45, 7) is 0.0520. The van der Waals surface area contributed by atoms with E-state index >= 15 is 0 Å². The second-order valence-corrected chi connectivity index (χ2v) is 8.03. The molecular weight excluding hydrogens is 403 g/mol. The Balaban J connectivity index is 1.65. The van der Waals surface area contributed by atoms with Gasteiger partial charge in [-0.2, -0.15) is 0 Å². The van der Waals surface area contributed by atoms with Crippen LogP contribution in [-0.4, -0.2) is 14.3 Å². The topological polar surface area (TPSA) is 75.3 Å². The predicted octanol–water partition coefficient (Wildman–Crippen LogP) is 4.21. The molecule has 8 heteroatoms. The van der Waals surface area contributed by atoms with Gasteiger partial charge in [0.1, 0.15) is 5.82 Å². The van der Waals surface area contributed by atoms with E-state index in [2.05, 4.69) is 10.0 Å². The van der Waals surface area contributed by atoms with Gasteiger partial charge in [-0.05, 0) is 54.6 Å². The van der Waals surface area contributed by atoms with E-state index in [1.807, 2.05) is 0 Å². The first-order valence-electron chi connectivity index (χ1n) is 8.25. The number of hydrogen-bond donors (Lipinski definition) is 2. The Bertz CT molecular complexity index is 1090. The van der Waals surface area contributed by atoms with E-state index in [1.165, 1.54) is 54.6 Å². The molecule has 0 saturated heterocycles. The molecule has 0 aliphatic rings. The monoisotopic (exact) mass is 418 g/mol. The summed E-state index contributed by atoms with van der Waals surface area (Å²) < 4.78 is 40.7. The lowest BCUT2D eigenvalue weighted by Crippen LogP contribution is -2.23. The Labute approximate surface area is 167 Å². The van der Waals surface area contributed by atoms with Crippen LogP contribution in [0.3, 0.4) is 0 Å². The molecule has 3 rings (SSSR count). The second-order valence-electron chi connectivity index (χ2n) is 5.91. The fourth-order valence-corrected chi connectivity index (χ4v) is 3.62. The van der Waals surface area contributed by atoms with Gasteiger partial charge in [0.2, 0.25) is 0 Å². The lowest BCUT2D eigenvalue weighted by atomic mass is 10.1. The quantitative estimate of drug-likeness (QED) is 0.629. The van der Waals surface area contributed by atoms with E-state index in [4.69, 9.17) is 11.6 Å². The summed E-state index contributed by atoms with van der Waals surface area (Å²) in [6.07, 6.45) is 0. The molecule has 0 aromatic heterocycles. The molecule has 5 nitrogen and oxygen atoms in total. The van der Waals surface area contributed by atoms with Gasteiger partial charge in [0.05, 0.1) is 4.90 Å². The summed E-state index contributed by atoms with van der Waals surface area (Å²) in [5, 5.41) is 3.06. The van der Waals surface area contributed by atoms with Crippen molar-refractivity contribution in [2.75, 3.05) is 4.72 Å². The molecule has 0 aliphatic carbocycles. The second kappa shape index (κ2) is 8.41. The van der Waals surface area contributed by atoms with Crippen LogP contribution in [0.25, 0.3) is 0 Å². The van der Waals surface area contributed by atoms with Crippen molar-refractivity contribution in [2.24, 2.45) is 0 Å². The maximum atomic E-state index is 13.6. The molecule has 0 atom stereocenters. The van der Waals surface area contributed by atoms with Gasteiger partial charge in [-0.25, -0.2) is 12.8 Å². The van der Waals surface area contributed by atoms with Crippen molar-refractivity contribution in [1.29, 1.82) is 0 Å². The predicted molar refractivity (Wildman–Crippen MR) is 106 cm³/mol. The molecule has 0 radical (unpaired) electrons. The van der Waals surface area contributed by atoms with Crippen LogP contribution in [0.4, 0.5) is 10.1 Å². The van der Waals surface area contributed by atoms with Crippen LogP contribution in [-0.2, 0) is 16.6 Å². The van der Waals surface area contributed by atoms with Crippen molar-refractivity contribution in [3.63, 3.8) is 0 Å². The molecule has 2 N–H and O–H groups in total. The van der Waals surface area contributed by atoms with E-state index in [9.17, 15) is 17.6 Å². The van der Waals surface area contributed by atoms with Gasteiger partial charge in [-0.1, -0.05) is 29.8 Å². The molecule has 3 aromatic carbocycles. The van der Waals surface area contributed by atoms with Gasteiger partial charge >= 0.3 is 0 Å². The molecule has 0 fully saturated rings. The van der Waals surface area contributed by atoms with Gasteiger partial charge in [0.15, 0.2) is 0 Å². The van der Waals surface area contributed by atoms with Crippen LogP contribution in [0.5, 0.6) is 0 Å². The van der Waals surface area contributed by atoms with Crippen molar-refractivity contribution in [2.45, 2.75) is 11.4 Å². The number of benzene rings is 3. The summed E-state index contributed by atoms with van der Waals surface area (Å²) in [4.78, 5) is 12.3. The minimum absolute atomic E-state index is 0.0520. The van der Waals surface area contributed by atoms with Gasteiger partial charge < -0.3 is 5.32 Å². The molecule has 3 aromatic rings. The van der Waals surface area contributed by atoms with Gasteiger partial charge in [-0.15, -0.1) is 0 Å². The standard InChI is InChI=1S/C20H16ClFN2O3S/c21-16-7-11-18(12-8-16)28(26,27)24-17-9-5-14(6-10-17)20(25)23-13-15-3-1-2-4-19(15)22/h1-12,24H,13H2,(H,23,25). The molecule has 0 saturated carbocycles. The minimum atomic E-state index is -3.77. The first-order chi connectivity index (χ1) is 13.3. The van der Waals surface area contributed by atoms with E-state index in [0.717, 1.165) is 0 Å². The molecular formula is C20H16ClFN2O3S. The highest BCUT2D eigenvalue weighted by Gasteiger charge is 2.14. The summed E-state index contributed by atoms with van der Waals surface area (Å²) in [7, 11) is -3.77. The fourth-order valence-electron chi connectivity index (χ4n) is 2.44. The number of anilines is 1. The molecule has 0 bridgehead atoms. The molecule has 0 unspecified atom stereocenters. The highest BCUT2D eigenvalue weighted by atomic mass is 35.5. The van der Waals surface area contributed by atoms with Crippen LogP contribution >= 0.6 is 11.6 Å². The number of carbonyl (C=O) groups is 1. The third-order valence-corrected chi connectivity index (χ3v) is 5.57. The van der Waals surface area contributed by atoms with Gasteiger partial charge in [0, 0.05) is 28.4 Å². The molecule has 28 heavy (non-hydrogen) atoms. The third kappa shape index (κ3) is 4.88. The van der Waals surface area contributed by atoms with Crippen molar-refractivity contribution in [3.05, 3.63) is 94.8 Å². The molecule has 0 aliphatic heterocycles. The number of amides is 1. The van der Waals surface area contributed by atoms with Crippen LogP contribution < -0.4 is 10.0 Å². The Morgan fingerprint density at radius 2 is 1.57 bits per heavy atom. The summed E-state index contributed by atoms with van der Waals surface area (Å²) in [6, 6.07) is 17.9. The van der Waals surface area contributed by atoms with Gasteiger partial charge in [0.25, 0.3) is 15.9 Å². The number of sulfonamides is 1. The van der Waals surface area contributed by atoms with Crippen molar-refractivity contribution in [3.8, 4) is 0 Å². The van der Waals surface area contributed by atoms with E-state index < -0.39 is 21.7 Å². The number of carbonyl (C=O) groups excluding carboxylic acids is 1. The maximum absolute atomic E-state index is 13.6. The molecule has 0 spiro atoms. The Morgan fingerprint density at radius 3 is 2.21 bits per heavy atom. The molecule has 1 amide bonds. The first-order valence-corrected chi connectivity index (χ1v) is 10.1. The lowest BCUT2D eigenvalue weighted by molar-refractivity contribution is 0.0950.